The number of benzene rings is 1. The number of aromatic nitrogens is 2. The molecule has 0 unspecified atom stereocenters. The standard InChI is InChI=1S/C15H13N3OS.C3H7N/c1-19-15-14-12(6-8-17-15)13(7-9-16-14)18-10-2-4-11(20)5-3-10;4-3-1-2-3/h2-9,20H,1H3,(H,16,18);3H,1-2,4H2. The molecule has 0 aliphatic heterocycles. The van der Waals surface area contributed by atoms with Crippen LogP contribution in [0, 0.1) is 0 Å². The van der Waals surface area contributed by atoms with Crippen molar-refractivity contribution in [1.29, 1.82) is 0 Å². The van der Waals surface area contributed by atoms with E-state index in [9.17, 15) is 0 Å². The molecule has 24 heavy (non-hydrogen) atoms. The number of anilines is 2. The van der Waals surface area contributed by atoms with E-state index in [0.717, 1.165) is 27.2 Å². The summed E-state index contributed by atoms with van der Waals surface area (Å²) in [6, 6.07) is 12.3. The summed E-state index contributed by atoms with van der Waals surface area (Å²) in [7, 11) is 1.59. The summed E-state index contributed by atoms with van der Waals surface area (Å²) in [4.78, 5) is 9.42. The maximum absolute atomic E-state index is 5.24. The average Bonchev–Trinajstić information content (AvgIpc) is 3.39. The molecule has 0 radical (unpaired) electrons. The van der Waals surface area contributed by atoms with Crippen molar-refractivity contribution in [2.75, 3.05) is 12.4 Å². The van der Waals surface area contributed by atoms with Gasteiger partial charge in [0.15, 0.2) is 0 Å². The molecule has 1 saturated carbocycles. The molecule has 2 aromatic heterocycles. The van der Waals surface area contributed by atoms with E-state index in [-0.39, 0.29) is 0 Å². The highest BCUT2D eigenvalue weighted by Crippen LogP contribution is 2.29. The van der Waals surface area contributed by atoms with Gasteiger partial charge in [0, 0.05) is 40.1 Å². The predicted octanol–water partition coefficient (Wildman–Crippen LogP) is 3.78. The number of ether oxygens (including phenoxy) is 1. The Balaban J connectivity index is 0.000000370. The second-order valence-corrected chi connectivity index (χ2v) is 6.10. The first kappa shape index (κ1) is 16.5. The first-order valence-electron chi connectivity index (χ1n) is 7.76. The third kappa shape index (κ3) is 4.15. The molecule has 2 heterocycles. The Morgan fingerprint density at radius 2 is 1.75 bits per heavy atom. The molecule has 5 nitrogen and oxygen atoms in total. The number of methoxy groups -OCH3 is 1. The topological polar surface area (TPSA) is 73.1 Å². The minimum Gasteiger partial charge on any atom is -0.479 e. The van der Waals surface area contributed by atoms with Crippen LogP contribution in [0.15, 0.2) is 53.7 Å². The summed E-state index contributed by atoms with van der Waals surface area (Å²) in [6.07, 6.45) is 5.98. The van der Waals surface area contributed by atoms with E-state index in [4.69, 9.17) is 10.5 Å². The largest absolute Gasteiger partial charge is 0.479 e. The van der Waals surface area contributed by atoms with Crippen LogP contribution in [-0.4, -0.2) is 23.1 Å². The van der Waals surface area contributed by atoms with Gasteiger partial charge in [-0.05, 0) is 49.2 Å². The lowest BCUT2D eigenvalue weighted by atomic mass is 10.2. The second kappa shape index (κ2) is 7.51. The molecule has 3 N–H and O–H groups in total. The molecule has 3 aromatic rings. The van der Waals surface area contributed by atoms with Gasteiger partial charge in [0.25, 0.3) is 0 Å². The van der Waals surface area contributed by atoms with Crippen LogP contribution >= 0.6 is 12.6 Å². The molecule has 0 bridgehead atoms. The van der Waals surface area contributed by atoms with E-state index in [0.29, 0.717) is 11.9 Å². The maximum atomic E-state index is 5.24. The lowest BCUT2D eigenvalue weighted by molar-refractivity contribution is 0.402. The van der Waals surface area contributed by atoms with Crippen LogP contribution < -0.4 is 15.8 Å². The number of hydrogen-bond donors (Lipinski definition) is 3. The highest BCUT2D eigenvalue weighted by atomic mass is 32.1. The minimum absolute atomic E-state index is 0.525. The number of pyridine rings is 2. The van der Waals surface area contributed by atoms with Crippen molar-refractivity contribution < 1.29 is 4.74 Å². The van der Waals surface area contributed by atoms with E-state index in [2.05, 4.69) is 27.9 Å². The zero-order chi connectivity index (χ0) is 16.9. The zero-order valence-electron chi connectivity index (χ0n) is 13.4. The molecule has 0 spiro atoms. The molecule has 6 heteroatoms. The number of nitrogens with two attached hydrogens (primary N) is 1. The van der Waals surface area contributed by atoms with Gasteiger partial charge in [-0.1, -0.05) is 0 Å². The van der Waals surface area contributed by atoms with E-state index < -0.39 is 0 Å². The number of thiol groups is 1. The lowest BCUT2D eigenvalue weighted by Crippen LogP contribution is -1.95. The zero-order valence-corrected chi connectivity index (χ0v) is 14.3. The van der Waals surface area contributed by atoms with E-state index in [1.54, 1.807) is 19.5 Å². The smallest absolute Gasteiger partial charge is 0.240 e. The predicted molar refractivity (Wildman–Crippen MR) is 100 cm³/mol. The van der Waals surface area contributed by atoms with Crippen LogP contribution in [0.3, 0.4) is 0 Å². The van der Waals surface area contributed by atoms with Gasteiger partial charge in [0.05, 0.1) is 7.11 Å². The monoisotopic (exact) mass is 340 g/mol. The summed E-state index contributed by atoms with van der Waals surface area (Å²) in [5.74, 6) is 0.525. The van der Waals surface area contributed by atoms with Gasteiger partial charge in [-0.25, -0.2) is 4.98 Å². The first-order valence-corrected chi connectivity index (χ1v) is 8.21. The SMILES string of the molecule is COc1nccc2c(Nc3ccc(S)cc3)ccnc12.NC1CC1. The number of hydrogen-bond acceptors (Lipinski definition) is 6. The molecule has 1 aromatic carbocycles. The van der Waals surface area contributed by atoms with Crippen LogP contribution in [0.25, 0.3) is 10.9 Å². The van der Waals surface area contributed by atoms with Crippen LogP contribution in [0.2, 0.25) is 0 Å². The molecule has 1 fully saturated rings. The van der Waals surface area contributed by atoms with Crippen LogP contribution in [0.5, 0.6) is 5.88 Å². The quantitative estimate of drug-likeness (QED) is 0.633. The van der Waals surface area contributed by atoms with Crippen LogP contribution in [0.1, 0.15) is 12.8 Å². The molecule has 1 aliphatic carbocycles. The van der Waals surface area contributed by atoms with E-state index in [1.807, 2.05) is 36.4 Å². The molecule has 0 amide bonds. The maximum Gasteiger partial charge on any atom is 0.240 e. The summed E-state index contributed by atoms with van der Waals surface area (Å²) in [6.45, 7) is 0. The van der Waals surface area contributed by atoms with Gasteiger partial charge in [0.2, 0.25) is 5.88 Å². The fourth-order valence-electron chi connectivity index (χ4n) is 2.11. The Bertz CT molecular complexity index is 819. The van der Waals surface area contributed by atoms with Crippen molar-refractivity contribution in [3.8, 4) is 5.88 Å². The van der Waals surface area contributed by atoms with Crippen molar-refractivity contribution >= 4 is 34.9 Å². The summed E-state index contributed by atoms with van der Waals surface area (Å²) in [5, 5.41) is 4.34. The Hall–Kier alpha value is -2.31. The van der Waals surface area contributed by atoms with Crippen LogP contribution in [0.4, 0.5) is 11.4 Å². The van der Waals surface area contributed by atoms with Gasteiger partial charge in [-0.3, -0.25) is 4.98 Å². The van der Waals surface area contributed by atoms with Gasteiger partial charge in [0.1, 0.15) is 5.52 Å². The highest BCUT2D eigenvalue weighted by molar-refractivity contribution is 7.80. The van der Waals surface area contributed by atoms with Crippen LogP contribution in [-0.2, 0) is 0 Å². The summed E-state index contributed by atoms with van der Waals surface area (Å²) < 4.78 is 5.24. The fourth-order valence-corrected chi connectivity index (χ4v) is 2.26. The van der Waals surface area contributed by atoms with Crippen molar-refractivity contribution in [2.45, 2.75) is 23.8 Å². The lowest BCUT2D eigenvalue weighted by Gasteiger charge is -2.10. The van der Waals surface area contributed by atoms with Gasteiger partial charge < -0.3 is 15.8 Å². The molecule has 0 atom stereocenters. The third-order valence-electron chi connectivity index (χ3n) is 3.59. The van der Waals surface area contributed by atoms with Crippen molar-refractivity contribution in [3.05, 3.63) is 48.8 Å². The van der Waals surface area contributed by atoms with Crippen molar-refractivity contribution in [3.63, 3.8) is 0 Å². The molecule has 1 aliphatic rings. The summed E-state index contributed by atoms with van der Waals surface area (Å²) >= 11 is 4.28. The van der Waals surface area contributed by atoms with Gasteiger partial charge >= 0.3 is 0 Å². The number of fused-ring (bicyclic) bond motifs is 1. The second-order valence-electron chi connectivity index (χ2n) is 5.58. The van der Waals surface area contributed by atoms with Crippen molar-refractivity contribution in [1.82, 2.24) is 9.97 Å². The minimum atomic E-state index is 0.525. The molecular weight excluding hydrogens is 320 g/mol. The number of nitrogens with zero attached hydrogens (tertiary/aromatic N) is 2. The Morgan fingerprint density at radius 3 is 2.38 bits per heavy atom. The number of nitrogens with one attached hydrogen (secondary N) is 1. The first-order chi connectivity index (χ1) is 11.7. The molecule has 0 saturated heterocycles. The van der Waals surface area contributed by atoms with Crippen molar-refractivity contribution in [2.24, 2.45) is 5.73 Å². The average molecular weight is 340 g/mol. The van der Waals surface area contributed by atoms with Gasteiger partial charge in [-0.15, -0.1) is 12.6 Å². The highest BCUT2D eigenvalue weighted by Gasteiger charge is 2.13. The van der Waals surface area contributed by atoms with E-state index >= 15 is 0 Å². The Labute approximate surface area is 146 Å². The molecule has 124 valence electrons. The Kier molecular flexibility index (Phi) is 5.17. The molecular formula is C18H20N4OS. The summed E-state index contributed by atoms with van der Waals surface area (Å²) in [5.41, 5.74) is 7.92. The normalized spacial score (nSPS) is 13.1. The third-order valence-corrected chi connectivity index (χ3v) is 3.89. The fraction of sp³-hybridized carbons (Fsp3) is 0.222. The Morgan fingerprint density at radius 1 is 1.08 bits per heavy atom. The van der Waals surface area contributed by atoms with E-state index in [1.165, 1.54) is 12.8 Å². The number of rotatable bonds is 3. The molecule has 4 rings (SSSR count). The van der Waals surface area contributed by atoms with Gasteiger partial charge in [-0.2, -0.15) is 0 Å².